The standard InChI is InChI=1S/C11H14N2O3S/c14-11(7-17-9-3-1-2-4-9)10-5-8(6-12-10)13(15)16/h5-6,9,12H,1-4,7H2. The van der Waals surface area contributed by atoms with Gasteiger partial charge >= 0.3 is 0 Å². The second-order valence-electron chi connectivity index (χ2n) is 4.17. The lowest BCUT2D eigenvalue weighted by Gasteiger charge is -2.06. The van der Waals surface area contributed by atoms with Gasteiger partial charge in [-0.25, -0.2) is 0 Å². The molecule has 0 bridgehead atoms. The van der Waals surface area contributed by atoms with Crippen LogP contribution in [0.15, 0.2) is 12.3 Å². The predicted octanol–water partition coefficient (Wildman–Crippen LogP) is 2.78. The summed E-state index contributed by atoms with van der Waals surface area (Å²) < 4.78 is 0. The van der Waals surface area contributed by atoms with Gasteiger partial charge in [-0.3, -0.25) is 14.9 Å². The van der Waals surface area contributed by atoms with E-state index in [1.807, 2.05) is 0 Å². The Bertz CT molecular complexity index is 424. The summed E-state index contributed by atoms with van der Waals surface area (Å²) in [5.74, 6) is 0.345. The molecule has 0 aliphatic heterocycles. The third-order valence-electron chi connectivity index (χ3n) is 2.93. The van der Waals surface area contributed by atoms with Gasteiger partial charge in [0.2, 0.25) is 0 Å². The van der Waals surface area contributed by atoms with Crippen LogP contribution in [0.4, 0.5) is 5.69 Å². The molecule has 0 radical (unpaired) electrons. The molecular formula is C11H14N2O3S. The Morgan fingerprint density at radius 2 is 2.24 bits per heavy atom. The molecule has 5 nitrogen and oxygen atoms in total. The topological polar surface area (TPSA) is 76.0 Å². The minimum atomic E-state index is -0.503. The lowest BCUT2D eigenvalue weighted by molar-refractivity contribution is -0.384. The monoisotopic (exact) mass is 254 g/mol. The molecule has 0 spiro atoms. The number of Topliss-reactive ketones (excluding diaryl/α,β-unsaturated/α-hetero) is 1. The molecule has 1 aliphatic carbocycles. The van der Waals surface area contributed by atoms with Gasteiger partial charge in [0, 0.05) is 11.3 Å². The number of aromatic amines is 1. The van der Waals surface area contributed by atoms with Gasteiger partial charge in [0.1, 0.15) is 0 Å². The number of carbonyl (C=O) groups excluding carboxylic acids is 1. The number of rotatable bonds is 5. The minimum Gasteiger partial charge on any atom is -0.353 e. The fourth-order valence-electron chi connectivity index (χ4n) is 1.98. The summed E-state index contributed by atoms with van der Waals surface area (Å²) in [5, 5.41) is 11.1. The van der Waals surface area contributed by atoms with Crippen LogP contribution in [0.2, 0.25) is 0 Å². The van der Waals surface area contributed by atoms with Crippen molar-refractivity contribution in [3.05, 3.63) is 28.1 Å². The van der Waals surface area contributed by atoms with E-state index in [-0.39, 0.29) is 11.5 Å². The van der Waals surface area contributed by atoms with Crippen molar-refractivity contribution < 1.29 is 9.72 Å². The number of ketones is 1. The van der Waals surface area contributed by atoms with Gasteiger partial charge in [-0.2, -0.15) is 11.8 Å². The minimum absolute atomic E-state index is 0.0563. The van der Waals surface area contributed by atoms with Gasteiger partial charge in [-0.1, -0.05) is 12.8 Å². The fourth-order valence-corrected chi connectivity index (χ4v) is 3.18. The molecule has 1 aliphatic rings. The van der Waals surface area contributed by atoms with Crippen LogP contribution in [0.5, 0.6) is 0 Å². The highest BCUT2D eigenvalue weighted by Gasteiger charge is 2.19. The third-order valence-corrected chi connectivity index (χ3v) is 4.30. The molecule has 0 unspecified atom stereocenters. The summed E-state index contributed by atoms with van der Waals surface area (Å²) in [5.41, 5.74) is 0.279. The van der Waals surface area contributed by atoms with E-state index in [2.05, 4.69) is 4.98 Å². The van der Waals surface area contributed by atoms with Crippen molar-refractivity contribution in [2.75, 3.05) is 5.75 Å². The Kier molecular flexibility index (Phi) is 3.83. The maximum Gasteiger partial charge on any atom is 0.287 e. The van der Waals surface area contributed by atoms with Crippen molar-refractivity contribution >= 4 is 23.2 Å². The lowest BCUT2D eigenvalue weighted by Crippen LogP contribution is -2.06. The normalized spacial score (nSPS) is 16.2. The summed E-state index contributed by atoms with van der Waals surface area (Å²) in [4.78, 5) is 24.4. The molecule has 1 heterocycles. The van der Waals surface area contributed by atoms with E-state index in [0.29, 0.717) is 16.7 Å². The van der Waals surface area contributed by atoms with Crippen LogP contribution in [0.25, 0.3) is 0 Å². The Balaban J connectivity index is 1.87. The maximum atomic E-state index is 11.8. The number of H-pyrrole nitrogens is 1. The number of nitrogens with one attached hydrogen (secondary N) is 1. The number of nitro groups is 1. The van der Waals surface area contributed by atoms with Crippen molar-refractivity contribution in [1.82, 2.24) is 4.98 Å². The Labute approximate surface area is 103 Å². The van der Waals surface area contributed by atoms with Crippen LogP contribution in [-0.4, -0.2) is 26.7 Å². The van der Waals surface area contributed by atoms with Gasteiger partial charge in [-0.05, 0) is 12.8 Å². The van der Waals surface area contributed by atoms with Crippen LogP contribution in [0, 0.1) is 10.1 Å². The molecule has 2 rings (SSSR count). The Morgan fingerprint density at radius 3 is 2.82 bits per heavy atom. The molecule has 1 aromatic rings. The van der Waals surface area contributed by atoms with E-state index in [0.717, 1.165) is 0 Å². The predicted molar refractivity (Wildman–Crippen MR) is 66.5 cm³/mol. The van der Waals surface area contributed by atoms with Crippen LogP contribution in [0.1, 0.15) is 36.2 Å². The van der Waals surface area contributed by atoms with E-state index in [9.17, 15) is 14.9 Å². The summed E-state index contributed by atoms with van der Waals surface area (Å²) >= 11 is 1.67. The molecule has 1 saturated carbocycles. The molecule has 0 saturated heterocycles. The molecule has 92 valence electrons. The van der Waals surface area contributed by atoms with Gasteiger partial charge in [0.05, 0.1) is 22.6 Å². The second-order valence-corrected chi connectivity index (χ2v) is 5.46. The summed E-state index contributed by atoms with van der Waals surface area (Å²) in [6.07, 6.45) is 6.12. The molecular weight excluding hydrogens is 240 g/mol. The van der Waals surface area contributed by atoms with Crippen molar-refractivity contribution in [3.63, 3.8) is 0 Å². The highest BCUT2D eigenvalue weighted by atomic mass is 32.2. The number of hydrogen-bond donors (Lipinski definition) is 1. The zero-order valence-corrected chi connectivity index (χ0v) is 10.2. The SMILES string of the molecule is O=C(CSC1CCCC1)c1cc([N+](=O)[O-])c[nH]1. The lowest BCUT2D eigenvalue weighted by atomic mass is 10.3. The number of hydrogen-bond acceptors (Lipinski definition) is 4. The molecule has 0 atom stereocenters. The number of thioether (sulfide) groups is 1. The first-order valence-corrected chi connectivity index (χ1v) is 6.69. The quantitative estimate of drug-likeness (QED) is 0.498. The second kappa shape index (κ2) is 5.35. The fraction of sp³-hybridized carbons (Fsp3) is 0.545. The van der Waals surface area contributed by atoms with E-state index in [1.165, 1.54) is 37.9 Å². The highest BCUT2D eigenvalue weighted by molar-refractivity contribution is 8.00. The number of nitrogens with zero attached hydrogens (tertiary/aromatic N) is 1. The summed E-state index contributed by atoms with van der Waals surface area (Å²) in [7, 11) is 0. The first-order valence-electron chi connectivity index (χ1n) is 5.64. The molecule has 17 heavy (non-hydrogen) atoms. The zero-order chi connectivity index (χ0) is 12.3. The smallest absolute Gasteiger partial charge is 0.287 e. The maximum absolute atomic E-state index is 11.8. The average Bonchev–Trinajstić information content (AvgIpc) is 2.96. The van der Waals surface area contributed by atoms with E-state index in [1.54, 1.807) is 11.8 Å². The summed E-state index contributed by atoms with van der Waals surface area (Å²) in [6.45, 7) is 0. The number of aromatic nitrogens is 1. The molecule has 0 amide bonds. The highest BCUT2D eigenvalue weighted by Crippen LogP contribution is 2.29. The van der Waals surface area contributed by atoms with Crippen LogP contribution in [0.3, 0.4) is 0 Å². The molecule has 1 N–H and O–H groups in total. The van der Waals surface area contributed by atoms with Crippen LogP contribution >= 0.6 is 11.8 Å². The van der Waals surface area contributed by atoms with E-state index >= 15 is 0 Å². The van der Waals surface area contributed by atoms with Gasteiger partial charge in [0.15, 0.2) is 5.78 Å². The van der Waals surface area contributed by atoms with E-state index in [4.69, 9.17) is 0 Å². The summed E-state index contributed by atoms with van der Waals surface area (Å²) in [6, 6.07) is 1.30. The first-order chi connectivity index (χ1) is 8.16. The van der Waals surface area contributed by atoms with Crippen LogP contribution < -0.4 is 0 Å². The Morgan fingerprint density at radius 1 is 1.53 bits per heavy atom. The molecule has 1 aromatic heterocycles. The van der Waals surface area contributed by atoms with Crippen molar-refractivity contribution in [2.24, 2.45) is 0 Å². The third kappa shape index (κ3) is 3.09. The Hall–Kier alpha value is -1.30. The number of carbonyl (C=O) groups is 1. The van der Waals surface area contributed by atoms with Crippen molar-refractivity contribution in [2.45, 2.75) is 30.9 Å². The van der Waals surface area contributed by atoms with Crippen LogP contribution in [-0.2, 0) is 0 Å². The van der Waals surface area contributed by atoms with Gasteiger partial charge in [-0.15, -0.1) is 0 Å². The largest absolute Gasteiger partial charge is 0.353 e. The molecule has 0 aromatic carbocycles. The first kappa shape index (κ1) is 12.2. The van der Waals surface area contributed by atoms with E-state index < -0.39 is 4.92 Å². The van der Waals surface area contributed by atoms with Crippen molar-refractivity contribution in [3.8, 4) is 0 Å². The average molecular weight is 254 g/mol. The van der Waals surface area contributed by atoms with Gasteiger partial charge in [0.25, 0.3) is 5.69 Å². The van der Waals surface area contributed by atoms with Gasteiger partial charge < -0.3 is 4.98 Å². The zero-order valence-electron chi connectivity index (χ0n) is 9.35. The van der Waals surface area contributed by atoms with Crippen molar-refractivity contribution in [1.29, 1.82) is 0 Å². The molecule has 6 heteroatoms. The molecule has 1 fully saturated rings.